The predicted octanol–water partition coefficient (Wildman–Crippen LogP) is 4.13. The summed E-state index contributed by atoms with van der Waals surface area (Å²) in [7, 11) is 0. The number of nitrogens with one attached hydrogen (secondary N) is 1. The number of rotatable bonds is 8. The summed E-state index contributed by atoms with van der Waals surface area (Å²) < 4.78 is 0. The highest BCUT2D eigenvalue weighted by atomic mass is 32.1. The van der Waals surface area contributed by atoms with Crippen LogP contribution in [0.1, 0.15) is 31.9 Å². The molecule has 2 aromatic rings. The summed E-state index contributed by atoms with van der Waals surface area (Å²) in [5, 5.41) is 6.79. The molecule has 0 bridgehead atoms. The lowest BCUT2D eigenvalue weighted by Gasteiger charge is -2.02. The van der Waals surface area contributed by atoms with Gasteiger partial charge in [0.15, 0.2) is 0 Å². The molecule has 19 heavy (non-hydrogen) atoms. The molecule has 0 aliphatic rings. The van der Waals surface area contributed by atoms with Gasteiger partial charge in [-0.05, 0) is 13.0 Å². The van der Waals surface area contributed by atoms with Gasteiger partial charge in [-0.1, -0.05) is 50.1 Å². The molecule has 0 atom stereocenters. The van der Waals surface area contributed by atoms with Crippen molar-refractivity contribution in [1.82, 2.24) is 10.3 Å². The van der Waals surface area contributed by atoms with E-state index < -0.39 is 0 Å². The van der Waals surface area contributed by atoms with Crippen LogP contribution in [0, 0.1) is 0 Å². The van der Waals surface area contributed by atoms with Crippen LogP contribution in [-0.2, 0) is 6.42 Å². The molecule has 0 spiro atoms. The molecule has 2 rings (SSSR count). The van der Waals surface area contributed by atoms with Crippen LogP contribution >= 0.6 is 11.3 Å². The van der Waals surface area contributed by atoms with Gasteiger partial charge in [0, 0.05) is 23.9 Å². The molecule has 1 N–H and O–H groups in total. The SMILES string of the molecule is CCCCCNCCc1csc(-c2ccccc2)n1. The minimum atomic E-state index is 1.02. The van der Waals surface area contributed by atoms with Crippen molar-refractivity contribution in [3.05, 3.63) is 41.4 Å². The first-order valence-corrected chi connectivity index (χ1v) is 7.98. The maximum Gasteiger partial charge on any atom is 0.123 e. The Labute approximate surface area is 119 Å². The second-order valence-electron chi connectivity index (χ2n) is 4.72. The molecule has 0 unspecified atom stereocenters. The van der Waals surface area contributed by atoms with E-state index in [-0.39, 0.29) is 0 Å². The lowest BCUT2D eigenvalue weighted by atomic mass is 10.2. The summed E-state index contributed by atoms with van der Waals surface area (Å²) in [4.78, 5) is 4.69. The first kappa shape index (κ1) is 14.2. The van der Waals surface area contributed by atoms with E-state index in [0.29, 0.717) is 0 Å². The van der Waals surface area contributed by atoms with Crippen molar-refractivity contribution in [3.8, 4) is 10.6 Å². The Morgan fingerprint density at radius 2 is 1.95 bits per heavy atom. The Bertz CT molecular complexity index is 465. The number of thiazole rings is 1. The van der Waals surface area contributed by atoms with Gasteiger partial charge >= 0.3 is 0 Å². The van der Waals surface area contributed by atoms with Crippen LogP contribution < -0.4 is 5.32 Å². The van der Waals surface area contributed by atoms with Crippen molar-refractivity contribution in [2.24, 2.45) is 0 Å². The lowest BCUT2D eigenvalue weighted by molar-refractivity contribution is 0.614. The van der Waals surface area contributed by atoms with Gasteiger partial charge in [0.05, 0.1) is 5.69 Å². The molecule has 1 aromatic carbocycles. The van der Waals surface area contributed by atoms with Crippen molar-refractivity contribution in [2.45, 2.75) is 32.6 Å². The summed E-state index contributed by atoms with van der Waals surface area (Å²) >= 11 is 1.74. The molecule has 1 aromatic heterocycles. The zero-order valence-corrected chi connectivity index (χ0v) is 12.4. The van der Waals surface area contributed by atoms with E-state index in [1.54, 1.807) is 11.3 Å². The third-order valence-corrected chi connectivity index (χ3v) is 4.03. The average Bonchev–Trinajstić information content (AvgIpc) is 2.92. The van der Waals surface area contributed by atoms with Gasteiger partial charge < -0.3 is 5.32 Å². The lowest BCUT2D eigenvalue weighted by Crippen LogP contribution is -2.18. The normalized spacial score (nSPS) is 10.8. The van der Waals surface area contributed by atoms with Crippen molar-refractivity contribution in [1.29, 1.82) is 0 Å². The average molecular weight is 274 g/mol. The predicted molar refractivity (Wildman–Crippen MR) is 83.6 cm³/mol. The third-order valence-electron chi connectivity index (χ3n) is 3.09. The third kappa shape index (κ3) is 4.77. The fourth-order valence-corrected chi connectivity index (χ4v) is 2.84. The molecule has 0 saturated carbocycles. The molecular formula is C16H22N2S. The Hall–Kier alpha value is -1.19. The topological polar surface area (TPSA) is 24.9 Å². The second-order valence-corrected chi connectivity index (χ2v) is 5.58. The number of aromatic nitrogens is 1. The highest BCUT2D eigenvalue weighted by molar-refractivity contribution is 7.13. The molecule has 0 fully saturated rings. The van der Waals surface area contributed by atoms with Gasteiger partial charge in [0.1, 0.15) is 5.01 Å². The number of unbranched alkanes of at least 4 members (excludes halogenated alkanes) is 2. The van der Waals surface area contributed by atoms with Gasteiger partial charge in [-0.25, -0.2) is 4.98 Å². The van der Waals surface area contributed by atoms with E-state index in [2.05, 4.69) is 41.9 Å². The number of nitrogens with zero attached hydrogens (tertiary/aromatic N) is 1. The van der Waals surface area contributed by atoms with E-state index in [0.717, 1.165) is 24.5 Å². The number of hydrogen-bond acceptors (Lipinski definition) is 3. The highest BCUT2D eigenvalue weighted by Crippen LogP contribution is 2.23. The van der Waals surface area contributed by atoms with Gasteiger partial charge in [-0.15, -0.1) is 11.3 Å². The Morgan fingerprint density at radius 3 is 2.74 bits per heavy atom. The van der Waals surface area contributed by atoms with Crippen LogP contribution in [0.15, 0.2) is 35.7 Å². The summed E-state index contributed by atoms with van der Waals surface area (Å²) in [6, 6.07) is 10.4. The van der Waals surface area contributed by atoms with E-state index in [4.69, 9.17) is 4.98 Å². The maximum atomic E-state index is 4.69. The van der Waals surface area contributed by atoms with Gasteiger partial charge in [0.2, 0.25) is 0 Å². The Balaban J connectivity index is 1.75. The summed E-state index contributed by atoms with van der Waals surface area (Å²) in [5.74, 6) is 0. The molecule has 0 aliphatic carbocycles. The van der Waals surface area contributed by atoms with Gasteiger partial charge in [-0.3, -0.25) is 0 Å². The molecule has 0 radical (unpaired) electrons. The minimum absolute atomic E-state index is 1.02. The van der Waals surface area contributed by atoms with Crippen LogP contribution in [0.3, 0.4) is 0 Å². The largest absolute Gasteiger partial charge is 0.316 e. The van der Waals surface area contributed by atoms with Crippen LogP contribution in [0.2, 0.25) is 0 Å². The van der Waals surface area contributed by atoms with Gasteiger partial charge in [0.25, 0.3) is 0 Å². The first-order chi connectivity index (χ1) is 9.40. The summed E-state index contributed by atoms with van der Waals surface area (Å²) in [6.07, 6.45) is 4.91. The van der Waals surface area contributed by atoms with E-state index in [1.165, 1.54) is 30.5 Å². The fraction of sp³-hybridized carbons (Fsp3) is 0.438. The monoisotopic (exact) mass is 274 g/mol. The van der Waals surface area contributed by atoms with E-state index >= 15 is 0 Å². The second kappa shape index (κ2) is 8.08. The van der Waals surface area contributed by atoms with Crippen LogP contribution in [0.25, 0.3) is 10.6 Å². The van der Waals surface area contributed by atoms with E-state index in [1.807, 2.05) is 6.07 Å². The summed E-state index contributed by atoms with van der Waals surface area (Å²) in [5.41, 5.74) is 2.42. The van der Waals surface area contributed by atoms with Crippen molar-refractivity contribution < 1.29 is 0 Å². The van der Waals surface area contributed by atoms with Crippen LogP contribution in [-0.4, -0.2) is 18.1 Å². The number of benzene rings is 1. The molecule has 2 nitrogen and oxygen atoms in total. The molecular weight excluding hydrogens is 252 g/mol. The van der Waals surface area contributed by atoms with Crippen LogP contribution in [0.4, 0.5) is 0 Å². The first-order valence-electron chi connectivity index (χ1n) is 7.10. The Morgan fingerprint density at radius 1 is 1.11 bits per heavy atom. The standard InChI is InChI=1S/C16H22N2S/c1-2-3-7-11-17-12-10-15-13-19-16(18-15)14-8-5-4-6-9-14/h4-6,8-9,13,17H,2-3,7,10-12H2,1H3. The highest BCUT2D eigenvalue weighted by Gasteiger charge is 2.03. The summed E-state index contributed by atoms with van der Waals surface area (Å²) in [6.45, 7) is 4.39. The zero-order valence-electron chi connectivity index (χ0n) is 11.6. The molecule has 3 heteroatoms. The van der Waals surface area contributed by atoms with Crippen LogP contribution in [0.5, 0.6) is 0 Å². The molecule has 102 valence electrons. The minimum Gasteiger partial charge on any atom is -0.316 e. The Kier molecular flexibility index (Phi) is 6.05. The zero-order chi connectivity index (χ0) is 13.3. The smallest absolute Gasteiger partial charge is 0.123 e. The molecule has 0 saturated heterocycles. The van der Waals surface area contributed by atoms with Crippen molar-refractivity contribution >= 4 is 11.3 Å². The maximum absolute atomic E-state index is 4.69. The fourth-order valence-electron chi connectivity index (χ4n) is 1.98. The molecule has 0 aliphatic heterocycles. The van der Waals surface area contributed by atoms with Crippen molar-refractivity contribution in [3.63, 3.8) is 0 Å². The molecule has 0 amide bonds. The molecule has 1 heterocycles. The van der Waals surface area contributed by atoms with Crippen molar-refractivity contribution in [2.75, 3.05) is 13.1 Å². The van der Waals surface area contributed by atoms with E-state index in [9.17, 15) is 0 Å². The quantitative estimate of drug-likeness (QED) is 0.732. The van der Waals surface area contributed by atoms with Gasteiger partial charge in [-0.2, -0.15) is 0 Å². The number of hydrogen-bond donors (Lipinski definition) is 1.